The van der Waals surface area contributed by atoms with Crippen molar-refractivity contribution in [3.63, 3.8) is 0 Å². The summed E-state index contributed by atoms with van der Waals surface area (Å²) in [6, 6.07) is 7.42. The standard InChI is InChI=1S/C15H18N2O2/c18-14-4-2-1-3-13(14)17-15(19)11-5-6-12-10(9-11)7-8-16-12/h5-9,13-14,16,18H,1-4H2,(H,17,19). The number of nitrogens with one attached hydrogen (secondary N) is 2. The molecule has 3 rings (SSSR count). The summed E-state index contributed by atoms with van der Waals surface area (Å²) in [5, 5.41) is 13.9. The Morgan fingerprint density at radius 1 is 1.26 bits per heavy atom. The van der Waals surface area contributed by atoms with Gasteiger partial charge in [-0.15, -0.1) is 0 Å². The third kappa shape index (κ3) is 2.49. The van der Waals surface area contributed by atoms with Crippen molar-refractivity contribution in [2.45, 2.75) is 37.8 Å². The number of H-pyrrole nitrogens is 1. The second-order valence-corrected chi connectivity index (χ2v) is 5.21. The van der Waals surface area contributed by atoms with E-state index in [4.69, 9.17) is 0 Å². The van der Waals surface area contributed by atoms with E-state index in [0.717, 1.165) is 36.6 Å². The predicted molar refractivity (Wildman–Crippen MR) is 74.0 cm³/mol. The van der Waals surface area contributed by atoms with E-state index < -0.39 is 6.10 Å². The Bertz CT molecular complexity index is 591. The molecule has 2 unspecified atom stereocenters. The van der Waals surface area contributed by atoms with Crippen LogP contribution in [0.3, 0.4) is 0 Å². The quantitative estimate of drug-likeness (QED) is 0.773. The molecule has 19 heavy (non-hydrogen) atoms. The molecule has 0 spiro atoms. The number of aromatic nitrogens is 1. The van der Waals surface area contributed by atoms with Crippen molar-refractivity contribution >= 4 is 16.8 Å². The molecule has 1 aromatic heterocycles. The normalized spacial score (nSPS) is 23.4. The van der Waals surface area contributed by atoms with E-state index in [-0.39, 0.29) is 11.9 Å². The van der Waals surface area contributed by atoms with Crippen LogP contribution in [-0.4, -0.2) is 28.1 Å². The van der Waals surface area contributed by atoms with E-state index in [1.54, 1.807) is 0 Å². The van der Waals surface area contributed by atoms with Gasteiger partial charge < -0.3 is 15.4 Å². The number of hydrogen-bond acceptors (Lipinski definition) is 2. The topological polar surface area (TPSA) is 65.1 Å². The van der Waals surface area contributed by atoms with Gasteiger partial charge >= 0.3 is 0 Å². The number of hydrogen-bond donors (Lipinski definition) is 3. The zero-order valence-electron chi connectivity index (χ0n) is 10.7. The summed E-state index contributed by atoms with van der Waals surface area (Å²) in [5.74, 6) is -0.103. The molecule has 1 aliphatic rings. The molecule has 100 valence electrons. The molecule has 0 aliphatic heterocycles. The fourth-order valence-electron chi connectivity index (χ4n) is 2.73. The van der Waals surface area contributed by atoms with Crippen molar-refractivity contribution in [1.82, 2.24) is 10.3 Å². The van der Waals surface area contributed by atoms with Crippen molar-refractivity contribution < 1.29 is 9.90 Å². The van der Waals surface area contributed by atoms with Crippen LogP contribution in [0.15, 0.2) is 30.5 Å². The minimum atomic E-state index is -0.409. The second-order valence-electron chi connectivity index (χ2n) is 5.21. The lowest BCUT2D eigenvalue weighted by Crippen LogP contribution is -2.45. The van der Waals surface area contributed by atoms with Gasteiger partial charge in [-0.1, -0.05) is 12.8 Å². The van der Waals surface area contributed by atoms with E-state index in [1.165, 1.54) is 0 Å². The van der Waals surface area contributed by atoms with Gasteiger partial charge in [0.1, 0.15) is 0 Å². The molecule has 4 nitrogen and oxygen atoms in total. The number of carbonyl (C=O) groups excluding carboxylic acids is 1. The predicted octanol–water partition coefficient (Wildman–Crippen LogP) is 2.20. The fourth-order valence-corrected chi connectivity index (χ4v) is 2.73. The number of aliphatic hydroxyl groups is 1. The Morgan fingerprint density at radius 2 is 2.11 bits per heavy atom. The molecule has 1 aliphatic carbocycles. The largest absolute Gasteiger partial charge is 0.391 e. The fraction of sp³-hybridized carbons (Fsp3) is 0.400. The van der Waals surface area contributed by atoms with Crippen LogP contribution in [0.25, 0.3) is 10.9 Å². The van der Waals surface area contributed by atoms with Crippen LogP contribution >= 0.6 is 0 Å². The van der Waals surface area contributed by atoms with Gasteiger partial charge in [-0.05, 0) is 37.1 Å². The maximum atomic E-state index is 12.2. The van der Waals surface area contributed by atoms with E-state index in [2.05, 4.69) is 10.3 Å². The summed E-state index contributed by atoms with van der Waals surface area (Å²) in [4.78, 5) is 15.3. The van der Waals surface area contributed by atoms with Crippen LogP contribution in [0.5, 0.6) is 0 Å². The van der Waals surface area contributed by atoms with Crippen molar-refractivity contribution in [1.29, 1.82) is 0 Å². The Labute approximate surface area is 111 Å². The Balaban J connectivity index is 1.75. The molecule has 1 heterocycles. The number of benzene rings is 1. The number of carbonyl (C=O) groups is 1. The molecule has 1 aromatic carbocycles. The zero-order chi connectivity index (χ0) is 13.2. The van der Waals surface area contributed by atoms with Crippen LogP contribution in [0.4, 0.5) is 0 Å². The van der Waals surface area contributed by atoms with Crippen LogP contribution in [0.2, 0.25) is 0 Å². The van der Waals surface area contributed by atoms with Crippen molar-refractivity contribution in [3.05, 3.63) is 36.0 Å². The highest BCUT2D eigenvalue weighted by molar-refractivity contribution is 5.98. The molecule has 0 radical (unpaired) electrons. The van der Waals surface area contributed by atoms with Gasteiger partial charge in [-0.3, -0.25) is 4.79 Å². The first-order valence-electron chi connectivity index (χ1n) is 6.80. The minimum absolute atomic E-state index is 0.103. The minimum Gasteiger partial charge on any atom is -0.391 e. The number of aromatic amines is 1. The monoisotopic (exact) mass is 258 g/mol. The lowest BCUT2D eigenvalue weighted by atomic mass is 9.92. The van der Waals surface area contributed by atoms with E-state index in [9.17, 15) is 9.90 Å². The van der Waals surface area contributed by atoms with Crippen molar-refractivity contribution in [3.8, 4) is 0 Å². The molecule has 4 heteroatoms. The summed E-state index contributed by atoms with van der Waals surface area (Å²) in [6.07, 6.45) is 5.20. The summed E-state index contributed by atoms with van der Waals surface area (Å²) >= 11 is 0. The first kappa shape index (κ1) is 12.2. The number of amides is 1. The van der Waals surface area contributed by atoms with Crippen molar-refractivity contribution in [2.24, 2.45) is 0 Å². The van der Waals surface area contributed by atoms with Gasteiger partial charge in [-0.25, -0.2) is 0 Å². The molecule has 3 N–H and O–H groups in total. The van der Waals surface area contributed by atoms with Crippen LogP contribution in [-0.2, 0) is 0 Å². The number of fused-ring (bicyclic) bond motifs is 1. The van der Waals surface area contributed by atoms with Crippen LogP contribution < -0.4 is 5.32 Å². The third-order valence-electron chi connectivity index (χ3n) is 3.86. The van der Waals surface area contributed by atoms with Crippen molar-refractivity contribution in [2.75, 3.05) is 0 Å². The van der Waals surface area contributed by atoms with E-state index in [1.807, 2.05) is 30.5 Å². The SMILES string of the molecule is O=C(NC1CCCCC1O)c1ccc2[nH]ccc2c1. The zero-order valence-corrected chi connectivity index (χ0v) is 10.7. The van der Waals surface area contributed by atoms with Crippen LogP contribution in [0, 0.1) is 0 Å². The molecule has 1 saturated carbocycles. The lowest BCUT2D eigenvalue weighted by Gasteiger charge is -2.28. The molecule has 0 saturated heterocycles. The summed E-state index contributed by atoms with van der Waals surface area (Å²) in [7, 11) is 0. The summed E-state index contributed by atoms with van der Waals surface area (Å²) in [6.45, 7) is 0. The summed E-state index contributed by atoms with van der Waals surface area (Å²) < 4.78 is 0. The van der Waals surface area contributed by atoms with Gasteiger partial charge in [0.05, 0.1) is 12.1 Å². The van der Waals surface area contributed by atoms with Gasteiger partial charge in [0.25, 0.3) is 5.91 Å². The second kappa shape index (κ2) is 5.05. The average molecular weight is 258 g/mol. The van der Waals surface area contributed by atoms with Gasteiger partial charge in [0, 0.05) is 22.7 Å². The molecule has 2 aromatic rings. The summed E-state index contributed by atoms with van der Waals surface area (Å²) in [5.41, 5.74) is 1.67. The Hall–Kier alpha value is -1.81. The van der Waals surface area contributed by atoms with E-state index in [0.29, 0.717) is 5.56 Å². The maximum absolute atomic E-state index is 12.2. The highest BCUT2D eigenvalue weighted by atomic mass is 16.3. The first-order valence-corrected chi connectivity index (χ1v) is 6.80. The smallest absolute Gasteiger partial charge is 0.251 e. The first-order chi connectivity index (χ1) is 9.24. The molecule has 0 bridgehead atoms. The van der Waals surface area contributed by atoms with E-state index >= 15 is 0 Å². The van der Waals surface area contributed by atoms with Crippen LogP contribution in [0.1, 0.15) is 36.0 Å². The Morgan fingerprint density at radius 3 is 2.95 bits per heavy atom. The average Bonchev–Trinajstić information content (AvgIpc) is 2.88. The van der Waals surface area contributed by atoms with Gasteiger partial charge in [0.15, 0.2) is 0 Å². The lowest BCUT2D eigenvalue weighted by molar-refractivity contribution is 0.0717. The molecular weight excluding hydrogens is 240 g/mol. The Kier molecular flexibility index (Phi) is 3.25. The number of aliphatic hydroxyl groups excluding tert-OH is 1. The molecular formula is C15H18N2O2. The highest BCUT2D eigenvalue weighted by Crippen LogP contribution is 2.19. The molecule has 1 fully saturated rings. The highest BCUT2D eigenvalue weighted by Gasteiger charge is 2.24. The van der Waals surface area contributed by atoms with Gasteiger partial charge in [-0.2, -0.15) is 0 Å². The van der Waals surface area contributed by atoms with Gasteiger partial charge in [0.2, 0.25) is 0 Å². The third-order valence-corrected chi connectivity index (χ3v) is 3.86. The number of rotatable bonds is 2. The maximum Gasteiger partial charge on any atom is 0.251 e. The molecule has 1 amide bonds. The molecule has 2 atom stereocenters.